The van der Waals surface area contributed by atoms with Crippen LogP contribution in [-0.2, 0) is 10.0 Å². The van der Waals surface area contributed by atoms with E-state index < -0.39 is 16.0 Å². The minimum Gasteiger partial charge on any atom is -0.493 e. The Morgan fingerprint density at radius 2 is 1.52 bits per heavy atom. The number of sulfonamides is 1. The second kappa shape index (κ2) is 9.44. The molecule has 3 aromatic carbocycles. The lowest BCUT2D eigenvalue weighted by Gasteiger charge is -2.10. The molecular formula is C23H22N2O5S. The van der Waals surface area contributed by atoms with Gasteiger partial charge in [-0.05, 0) is 61.9 Å². The van der Waals surface area contributed by atoms with Gasteiger partial charge in [-0.3, -0.25) is 0 Å². The Morgan fingerprint density at radius 3 is 2.13 bits per heavy atom. The van der Waals surface area contributed by atoms with E-state index in [-0.39, 0.29) is 10.6 Å². The SMILES string of the molecule is COc1ccc(/C=N\NS(=O)(=O)c2ccc(C)cc2)cc1OC(=O)c1ccc(C)cc1. The molecular weight excluding hydrogens is 416 g/mol. The van der Waals surface area contributed by atoms with Crippen molar-refractivity contribution in [1.29, 1.82) is 0 Å². The summed E-state index contributed by atoms with van der Waals surface area (Å²) < 4.78 is 35.3. The van der Waals surface area contributed by atoms with Crippen LogP contribution in [-0.4, -0.2) is 27.7 Å². The molecule has 7 nitrogen and oxygen atoms in total. The van der Waals surface area contributed by atoms with Gasteiger partial charge < -0.3 is 9.47 Å². The number of rotatable bonds is 7. The van der Waals surface area contributed by atoms with Gasteiger partial charge in [-0.2, -0.15) is 13.5 Å². The van der Waals surface area contributed by atoms with E-state index in [1.54, 1.807) is 36.4 Å². The van der Waals surface area contributed by atoms with Crippen molar-refractivity contribution in [2.24, 2.45) is 5.10 Å². The second-order valence-electron chi connectivity index (χ2n) is 6.83. The van der Waals surface area contributed by atoms with Crippen LogP contribution in [0.1, 0.15) is 27.0 Å². The van der Waals surface area contributed by atoms with Gasteiger partial charge in [-0.15, -0.1) is 0 Å². The molecule has 0 radical (unpaired) electrons. The maximum Gasteiger partial charge on any atom is 0.343 e. The molecule has 0 fully saturated rings. The normalized spacial score (nSPS) is 11.3. The Morgan fingerprint density at radius 1 is 0.903 bits per heavy atom. The van der Waals surface area contributed by atoms with Gasteiger partial charge >= 0.3 is 5.97 Å². The lowest BCUT2D eigenvalue weighted by Crippen LogP contribution is -2.18. The van der Waals surface area contributed by atoms with Crippen molar-refractivity contribution in [3.63, 3.8) is 0 Å². The molecule has 0 aliphatic rings. The van der Waals surface area contributed by atoms with E-state index in [9.17, 15) is 13.2 Å². The number of esters is 1. The van der Waals surface area contributed by atoms with E-state index in [1.807, 2.05) is 26.0 Å². The summed E-state index contributed by atoms with van der Waals surface area (Å²) in [5.74, 6) is 0.0173. The number of nitrogens with one attached hydrogen (secondary N) is 1. The first-order valence-corrected chi connectivity index (χ1v) is 10.9. The summed E-state index contributed by atoms with van der Waals surface area (Å²) in [5.41, 5.74) is 2.89. The number of hydrogen-bond donors (Lipinski definition) is 1. The largest absolute Gasteiger partial charge is 0.493 e. The topological polar surface area (TPSA) is 94.1 Å². The van der Waals surface area contributed by atoms with E-state index >= 15 is 0 Å². The Balaban J connectivity index is 1.75. The van der Waals surface area contributed by atoms with E-state index in [1.165, 1.54) is 31.5 Å². The molecule has 31 heavy (non-hydrogen) atoms. The highest BCUT2D eigenvalue weighted by Gasteiger charge is 2.14. The highest BCUT2D eigenvalue weighted by atomic mass is 32.2. The van der Waals surface area contributed by atoms with Crippen molar-refractivity contribution in [3.8, 4) is 11.5 Å². The Kier molecular flexibility index (Phi) is 6.71. The van der Waals surface area contributed by atoms with Crippen LogP contribution in [0.2, 0.25) is 0 Å². The first kappa shape index (κ1) is 22.0. The van der Waals surface area contributed by atoms with Crippen LogP contribution >= 0.6 is 0 Å². The third kappa shape index (κ3) is 5.70. The molecule has 0 aliphatic carbocycles. The fourth-order valence-corrected chi connectivity index (χ4v) is 3.43. The summed E-state index contributed by atoms with van der Waals surface area (Å²) in [6.45, 7) is 3.79. The maximum absolute atomic E-state index is 12.4. The average molecular weight is 439 g/mol. The summed E-state index contributed by atoms with van der Waals surface area (Å²) in [6, 6.07) is 18.2. The number of carbonyl (C=O) groups is 1. The third-order valence-corrected chi connectivity index (χ3v) is 5.63. The van der Waals surface area contributed by atoms with Crippen LogP contribution in [0.3, 0.4) is 0 Å². The van der Waals surface area contributed by atoms with Gasteiger partial charge in [0, 0.05) is 0 Å². The Labute approximate surface area is 181 Å². The summed E-state index contributed by atoms with van der Waals surface area (Å²) in [4.78, 5) is 14.7. The Bertz CT molecular complexity index is 1200. The molecule has 0 saturated carbocycles. The molecule has 0 heterocycles. The fraction of sp³-hybridized carbons (Fsp3) is 0.130. The molecule has 8 heteroatoms. The van der Waals surface area contributed by atoms with Crippen molar-refractivity contribution < 1.29 is 22.7 Å². The van der Waals surface area contributed by atoms with Crippen molar-refractivity contribution in [2.45, 2.75) is 18.7 Å². The predicted octanol–water partition coefficient (Wildman–Crippen LogP) is 3.84. The number of hydrazone groups is 1. The molecule has 160 valence electrons. The molecule has 3 aromatic rings. The van der Waals surface area contributed by atoms with Crippen LogP contribution < -0.4 is 14.3 Å². The van der Waals surface area contributed by atoms with E-state index in [2.05, 4.69) is 9.93 Å². The van der Waals surface area contributed by atoms with Gasteiger partial charge in [0.2, 0.25) is 0 Å². The zero-order valence-corrected chi connectivity index (χ0v) is 18.1. The molecule has 0 saturated heterocycles. The molecule has 0 atom stereocenters. The minimum atomic E-state index is -3.79. The van der Waals surface area contributed by atoms with Crippen LogP contribution in [0.4, 0.5) is 0 Å². The van der Waals surface area contributed by atoms with E-state index in [0.717, 1.165) is 11.1 Å². The standard InChI is InChI=1S/C23H22N2O5S/c1-16-4-9-19(10-5-16)23(26)30-22-14-18(8-13-21(22)29-3)15-24-25-31(27,28)20-11-6-17(2)7-12-20/h4-15,25H,1-3H3/b24-15-. The van der Waals surface area contributed by atoms with Crippen LogP contribution in [0.15, 0.2) is 76.7 Å². The zero-order chi connectivity index (χ0) is 22.4. The number of hydrogen-bond acceptors (Lipinski definition) is 6. The van der Waals surface area contributed by atoms with Crippen molar-refractivity contribution in [3.05, 3.63) is 89.0 Å². The van der Waals surface area contributed by atoms with Gasteiger partial charge in [-0.25, -0.2) is 9.63 Å². The van der Waals surface area contributed by atoms with Crippen LogP contribution in [0.5, 0.6) is 11.5 Å². The van der Waals surface area contributed by atoms with Crippen molar-refractivity contribution in [1.82, 2.24) is 4.83 Å². The quantitative estimate of drug-likeness (QED) is 0.262. The number of ether oxygens (including phenoxy) is 2. The smallest absolute Gasteiger partial charge is 0.343 e. The summed E-state index contributed by atoms with van der Waals surface area (Å²) >= 11 is 0. The zero-order valence-electron chi connectivity index (χ0n) is 17.3. The predicted molar refractivity (Wildman–Crippen MR) is 118 cm³/mol. The summed E-state index contributed by atoms with van der Waals surface area (Å²) in [6.07, 6.45) is 1.31. The van der Waals surface area contributed by atoms with E-state index in [4.69, 9.17) is 9.47 Å². The van der Waals surface area contributed by atoms with Crippen molar-refractivity contribution in [2.75, 3.05) is 7.11 Å². The molecule has 1 N–H and O–H groups in total. The molecule has 0 spiro atoms. The van der Waals surface area contributed by atoms with Crippen LogP contribution in [0, 0.1) is 13.8 Å². The van der Waals surface area contributed by atoms with Crippen LogP contribution in [0.25, 0.3) is 0 Å². The molecule has 0 unspecified atom stereocenters. The molecule has 0 aromatic heterocycles. The average Bonchev–Trinajstić information content (AvgIpc) is 2.74. The first-order chi connectivity index (χ1) is 14.8. The molecule has 0 amide bonds. The van der Waals surface area contributed by atoms with Crippen molar-refractivity contribution >= 4 is 22.2 Å². The minimum absolute atomic E-state index is 0.109. The second-order valence-corrected chi connectivity index (χ2v) is 8.49. The lowest BCUT2D eigenvalue weighted by molar-refractivity contribution is 0.0729. The number of methoxy groups -OCH3 is 1. The van der Waals surface area contributed by atoms with Gasteiger partial charge in [0.15, 0.2) is 11.5 Å². The number of nitrogens with zero attached hydrogens (tertiary/aromatic N) is 1. The van der Waals surface area contributed by atoms with Gasteiger partial charge in [0.25, 0.3) is 10.0 Å². The fourth-order valence-electron chi connectivity index (χ4n) is 2.64. The maximum atomic E-state index is 12.4. The summed E-state index contributed by atoms with van der Waals surface area (Å²) in [7, 11) is -2.33. The first-order valence-electron chi connectivity index (χ1n) is 9.37. The molecule has 0 aliphatic heterocycles. The third-order valence-electron chi connectivity index (χ3n) is 4.40. The molecule has 3 rings (SSSR count). The highest BCUT2D eigenvalue weighted by molar-refractivity contribution is 7.89. The molecule has 0 bridgehead atoms. The highest BCUT2D eigenvalue weighted by Crippen LogP contribution is 2.28. The van der Waals surface area contributed by atoms with Gasteiger partial charge in [0.1, 0.15) is 0 Å². The number of benzene rings is 3. The number of carbonyl (C=O) groups excluding carboxylic acids is 1. The monoisotopic (exact) mass is 438 g/mol. The number of aryl methyl sites for hydroxylation is 2. The van der Waals surface area contributed by atoms with E-state index in [0.29, 0.717) is 16.9 Å². The lowest BCUT2D eigenvalue weighted by atomic mass is 10.1. The summed E-state index contributed by atoms with van der Waals surface area (Å²) in [5, 5.41) is 3.81. The van der Waals surface area contributed by atoms with Gasteiger partial charge in [0.05, 0.1) is 23.8 Å². The Hall–Kier alpha value is -3.65. The van der Waals surface area contributed by atoms with Gasteiger partial charge in [-0.1, -0.05) is 35.4 Å².